The lowest BCUT2D eigenvalue weighted by atomic mass is 9.84. The van der Waals surface area contributed by atoms with Crippen LogP contribution >= 0.6 is 0 Å². The molecule has 0 heterocycles. The van der Waals surface area contributed by atoms with Gasteiger partial charge in [-0.25, -0.2) is 0 Å². The molecule has 1 atom stereocenters. The molecule has 0 aliphatic heterocycles. The minimum absolute atomic E-state index is 0.270. The molecule has 0 fully saturated rings. The van der Waals surface area contributed by atoms with Crippen molar-refractivity contribution in [2.45, 2.75) is 91.5 Å². The summed E-state index contributed by atoms with van der Waals surface area (Å²) in [5, 5.41) is 3.54. The maximum Gasteiger partial charge on any atom is 0.00421 e. The zero-order chi connectivity index (χ0) is 14.6. The average molecular weight is 268 g/mol. The first kappa shape index (κ1) is 18.7. The largest absolute Gasteiger partial charge is 0.314 e. The molecule has 0 spiro atoms. The monoisotopic (exact) mass is 267 g/mol. The van der Waals surface area contributed by atoms with Crippen LogP contribution in [0.5, 0.6) is 0 Å². The van der Waals surface area contributed by atoms with Crippen LogP contribution in [-0.4, -0.2) is 12.6 Å². The second-order valence-corrected chi connectivity index (χ2v) is 6.62. The average Bonchev–Trinajstić information content (AvgIpc) is 2.39. The van der Waals surface area contributed by atoms with Gasteiger partial charge >= 0.3 is 0 Å². The summed E-state index contributed by atoms with van der Waals surface area (Å²) < 4.78 is 0. The van der Waals surface area contributed by atoms with Crippen molar-refractivity contribution >= 4 is 0 Å². The van der Waals surface area contributed by atoms with E-state index in [9.17, 15) is 0 Å². The first-order valence-corrected chi connectivity index (χ1v) is 8.41. The second-order valence-electron chi connectivity index (χ2n) is 6.62. The molecule has 0 aliphatic carbocycles. The summed E-state index contributed by atoms with van der Waals surface area (Å²) in [5.74, 6) is 0. The van der Waals surface area contributed by atoms with E-state index in [1.54, 1.807) is 0 Å². The highest BCUT2D eigenvalue weighted by Crippen LogP contribution is 2.25. The van der Waals surface area contributed by atoms with Crippen LogP contribution in [0.15, 0.2) is 12.7 Å². The smallest absolute Gasteiger partial charge is 0.00421 e. The maximum atomic E-state index is 4.02. The van der Waals surface area contributed by atoms with Crippen LogP contribution in [0.2, 0.25) is 0 Å². The van der Waals surface area contributed by atoms with E-state index in [1.807, 2.05) is 0 Å². The predicted molar refractivity (Wildman–Crippen MR) is 88.7 cm³/mol. The Kier molecular flexibility index (Phi) is 11.3. The molecule has 1 heteroatoms. The van der Waals surface area contributed by atoms with Gasteiger partial charge in [0.05, 0.1) is 0 Å². The predicted octanol–water partition coefficient (Wildman–Crippen LogP) is 5.71. The highest BCUT2D eigenvalue weighted by Gasteiger charge is 2.19. The topological polar surface area (TPSA) is 12.0 Å². The Labute approximate surface area is 122 Å². The van der Waals surface area contributed by atoms with Crippen molar-refractivity contribution < 1.29 is 0 Å². The Morgan fingerprint density at radius 3 is 2.00 bits per heavy atom. The van der Waals surface area contributed by atoms with Crippen LogP contribution < -0.4 is 5.32 Å². The van der Waals surface area contributed by atoms with Crippen molar-refractivity contribution in [2.24, 2.45) is 5.41 Å². The van der Waals surface area contributed by atoms with E-state index < -0.39 is 0 Å². The van der Waals surface area contributed by atoms with Crippen molar-refractivity contribution in [2.75, 3.05) is 6.54 Å². The quantitative estimate of drug-likeness (QED) is 0.333. The molecule has 0 saturated heterocycles. The molecule has 0 rings (SSSR count). The third kappa shape index (κ3) is 11.2. The molecule has 1 N–H and O–H groups in total. The molecular formula is C18H37N. The van der Waals surface area contributed by atoms with Crippen LogP contribution in [0.3, 0.4) is 0 Å². The van der Waals surface area contributed by atoms with E-state index in [-0.39, 0.29) is 5.41 Å². The van der Waals surface area contributed by atoms with Gasteiger partial charge in [0.2, 0.25) is 0 Å². The lowest BCUT2D eigenvalue weighted by Crippen LogP contribution is -2.34. The van der Waals surface area contributed by atoms with Crippen LogP contribution in [0.25, 0.3) is 0 Å². The van der Waals surface area contributed by atoms with E-state index in [0.717, 1.165) is 6.54 Å². The zero-order valence-corrected chi connectivity index (χ0v) is 13.9. The van der Waals surface area contributed by atoms with Crippen molar-refractivity contribution in [1.29, 1.82) is 0 Å². The lowest BCUT2D eigenvalue weighted by Gasteiger charge is -2.27. The van der Waals surface area contributed by atoms with Crippen LogP contribution in [0, 0.1) is 5.41 Å². The first-order valence-electron chi connectivity index (χ1n) is 8.41. The molecular weight excluding hydrogens is 230 g/mol. The summed E-state index contributed by atoms with van der Waals surface area (Å²) in [6.07, 6.45) is 14.6. The number of nitrogens with one attached hydrogen (secondary N) is 1. The highest BCUT2D eigenvalue weighted by atomic mass is 14.9. The fourth-order valence-corrected chi connectivity index (χ4v) is 2.36. The number of hydrogen-bond donors (Lipinski definition) is 1. The van der Waals surface area contributed by atoms with E-state index in [2.05, 4.69) is 45.7 Å². The van der Waals surface area contributed by atoms with Crippen molar-refractivity contribution in [3.05, 3.63) is 12.7 Å². The van der Waals surface area contributed by atoms with Crippen molar-refractivity contribution in [3.63, 3.8) is 0 Å². The van der Waals surface area contributed by atoms with Gasteiger partial charge in [-0.15, -0.1) is 6.58 Å². The van der Waals surface area contributed by atoms with Crippen LogP contribution in [0.1, 0.15) is 85.5 Å². The molecule has 0 radical (unpaired) electrons. The summed E-state index contributed by atoms with van der Waals surface area (Å²) in [6, 6.07) is 0.567. The van der Waals surface area contributed by atoms with Crippen LogP contribution in [0.4, 0.5) is 0 Å². The van der Waals surface area contributed by atoms with Gasteiger partial charge in [-0.2, -0.15) is 0 Å². The molecule has 0 aromatic carbocycles. The molecule has 0 aromatic rings. The van der Waals surface area contributed by atoms with Gasteiger partial charge < -0.3 is 5.32 Å². The molecule has 0 bridgehead atoms. The van der Waals surface area contributed by atoms with Gasteiger partial charge in [-0.3, -0.25) is 0 Å². The molecule has 0 amide bonds. The molecule has 19 heavy (non-hydrogen) atoms. The lowest BCUT2D eigenvalue weighted by molar-refractivity contribution is 0.335. The number of hydrogen-bond acceptors (Lipinski definition) is 1. The first-order chi connectivity index (χ1) is 9.04. The maximum absolute atomic E-state index is 4.02. The Morgan fingerprint density at radius 2 is 1.53 bits per heavy atom. The standard InChI is InChI=1S/C18H37N/c1-6-8-9-10-11-12-13-14-15-18(5,7-2)16-19-17(3)4/h7,17,19H,2,6,8-16H2,1,3-5H3. The van der Waals surface area contributed by atoms with Crippen molar-refractivity contribution in [1.82, 2.24) is 5.32 Å². The van der Waals surface area contributed by atoms with Crippen molar-refractivity contribution in [3.8, 4) is 0 Å². The Hall–Kier alpha value is -0.300. The van der Waals surface area contributed by atoms with Gasteiger partial charge in [0.25, 0.3) is 0 Å². The fourth-order valence-electron chi connectivity index (χ4n) is 2.36. The fraction of sp³-hybridized carbons (Fsp3) is 0.889. The molecule has 1 nitrogen and oxygen atoms in total. The highest BCUT2D eigenvalue weighted by molar-refractivity contribution is 4.93. The second kappa shape index (κ2) is 11.5. The van der Waals surface area contributed by atoms with E-state index in [4.69, 9.17) is 0 Å². The van der Waals surface area contributed by atoms with E-state index >= 15 is 0 Å². The molecule has 114 valence electrons. The van der Waals surface area contributed by atoms with E-state index in [0.29, 0.717) is 6.04 Å². The third-order valence-electron chi connectivity index (χ3n) is 4.01. The van der Waals surface area contributed by atoms with Crippen LogP contribution in [-0.2, 0) is 0 Å². The Morgan fingerprint density at radius 1 is 1.00 bits per heavy atom. The van der Waals surface area contributed by atoms with Gasteiger partial charge in [0.15, 0.2) is 0 Å². The molecule has 0 saturated carbocycles. The zero-order valence-electron chi connectivity index (χ0n) is 13.9. The number of rotatable bonds is 13. The SMILES string of the molecule is C=CC(C)(CCCCCCCCCC)CNC(C)C. The summed E-state index contributed by atoms with van der Waals surface area (Å²) in [5.41, 5.74) is 0.270. The summed E-state index contributed by atoms with van der Waals surface area (Å²) in [6.45, 7) is 14.1. The molecule has 0 aliphatic rings. The Bertz CT molecular complexity index is 210. The molecule has 1 unspecified atom stereocenters. The third-order valence-corrected chi connectivity index (χ3v) is 4.01. The number of unbranched alkanes of at least 4 members (excludes halogenated alkanes) is 7. The summed E-state index contributed by atoms with van der Waals surface area (Å²) >= 11 is 0. The minimum Gasteiger partial charge on any atom is -0.314 e. The molecule has 0 aromatic heterocycles. The minimum atomic E-state index is 0.270. The van der Waals surface area contributed by atoms with Gasteiger partial charge in [-0.1, -0.05) is 85.1 Å². The van der Waals surface area contributed by atoms with E-state index in [1.165, 1.54) is 57.8 Å². The normalized spacial score (nSPS) is 14.6. The Balaban J connectivity index is 3.57. The van der Waals surface area contributed by atoms with Gasteiger partial charge in [0, 0.05) is 12.6 Å². The summed E-state index contributed by atoms with van der Waals surface area (Å²) in [4.78, 5) is 0. The van der Waals surface area contributed by atoms with Gasteiger partial charge in [0.1, 0.15) is 0 Å². The summed E-state index contributed by atoms with van der Waals surface area (Å²) in [7, 11) is 0. The van der Waals surface area contributed by atoms with Gasteiger partial charge in [-0.05, 0) is 11.8 Å².